The first-order valence-corrected chi connectivity index (χ1v) is 7.91. The molecule has 0 saturated heterocycles. The highest BCUT2D eigenvalue weighted by molar-refractivity contribution is 7.17. The molecule has 0 aliphatic carbocycles. The van der Waals surface area contributed by atoms with Crippen LogP contribution in [0.4, 0.5) is 16.2 Å². The molecule has 3 heterocycles. The largest absolute Gasteiger partial charge is 0.323 e. The van der Waals surface area contributed by atoms with Crippen LogP contribution < -0.4 is 10.6 Å². The van der Waals surface area contributed by atoms with Crippen LogP contribution in [0.1, 0.15) is 0 Å². The summed E-state index contributed by atoms with van der Waals surface area (Å²) in [7, 11) is 1.87. The third-order valence-electron chi connectivity index (χ3n) is 3.64. The van der Waals surface area contributed by atoms with E-state index in [2.05, 4.69) is 20.7 Å². The number of hydrogen-bond acceptors (Lipinski definition) is 4. The predicted molar refractivity (Wildman–Crippen MR) is 93.0 cm³/mol. The number of nitrogens with one attached hydrogen (secondary N) is 2. The molecule has 0 aliphatic heterocycles. The van der Waals surface area contributed by atoms with Gasteiger partial charge in [-0.15, -0.1) is 11.3 Å². The molecule has 1 aromatic carbocycles. The molecule has 0 atom stereocenters. The van der Waals surface area contributed by atoms with Crippen LogP contribution in [-0.2, 0) is 7.05 Å². The summed E-state index contributed by atoms with van der Waals surface area (Å²) in [6, 6.07) is 9.22. The maximum atomic E-state index is 12.3. The Balaban J connectivity index is 1.60. The molecule has 114 valence electrons. The van der Waals surface area contributed by atoms with Crippen molar-refractivity contribution >= 4 is 49.9 Å². The first kappa shape index (κ1) is 13.7. The van der Waals surface area contributed by atoms with Crippen LogP contribution in [0.25, 0.3) is 21.1 Å². The summed E-state index contributed by atoms with van der Waals surface area (Å²) in [5, 5.41) is 13.7. The normalized spacial score (nSPS) is 11.0. The predicted octanol–water partition coefficient (Wildman–Crippen LogP) is 3.83. The van der Waals surface area contributed by atoms with Gasteiger partial charge in [0.05, 0.1) is 23.1 Å². The zero-order valence-corrected chi connectivity index (χ0v) is 13.1. The Bertz CT molecular complexity index is 1020. The van der Waals surface area contributed by atoms with Crippen molar-refractivity contribution in [1.29, 1.82) is 0 Å². The number of benzene rings is 1. The highest BCUT2D eigenvalue weighted by atomic mass is 32.1. The highest BCUT2D eigenvalue weighted by Gasteiger charge is 2.11. The van der Waals surface area contributed by atoms with Gasteiger partial charge in [0.1, 0.15) is 4.83 Å². The Labute approximate surface area is 135 Å². The molecule has 0 bridgehead atoms. The molecule has 23 heavy (non-hydrogen) atoms. The lowest BCUT2D eigenvalue weighted by Crippen LogP contribution is -2.19. The molecular weight excluding hydrogens is 310 g/mol. The molecule has 0 saturated carbocycles. The van der Waals surface area contributed by atoms with Crippen LogP contribution in [0, 0.1) is 0 Å². The average Bonchev–Trinajstić information content (AvgIpc) is 3.13. The van der Waals surface area contributed by atoms with E-state index in [9.17, 15) is 4.79 Å². The second kappa shape index (κ2) is 5.36. The number of anilines is 2. The van der Waals surface area contributed by atoms with Gasteiger partial charge in [-0.3, -0.25) is 4.68 Å². The number of fused-ring (bicyclic) bond motifs is 2. The van der Waals surface area contributed by atoms with Gasteiger partial charge in [0.2, 0.25) is 0 Å². The van der Waals surface area contributed by atoms with E-state index in [0.717, 1.165) is 32.5 Å². The van der Waals surface area contributed by atoms with Crippen molar-refractivity contribution in [3.63, 3.8) is 0 Å². The van der Waals surface area contributed by atoms with Gasteiger partial charge < -0.3 is 10.6 Å². The Hall–Kier alpha value is -2.93. The highest BCUT2D eigenvalue weighted by Crippen LogP contribution is 2.28. The van der Waals surface area contributed by atoms with Gasteiger partial charge in [0.15, 0.2) is 0 Å². The molecule has 0 aliphatic rings. The number of urea groups is 1. The smallest absolute Gasteiger partial charge is 0.307 e. The lowest BCUT2D eigenvalue weighted by atomic mass is 10.2. The summed E-state index contributed by atoms with van der Waals surface area (Å²) < 4.78 is 1.77. The van der Waals surface area contributed by atoms with E-state index in [-0.39, 0.29) is 6.03 Å². The Morgan fingerprint density at radius 1 is 1.13 bits per heavy atom. The van der Waals surface area contributed by atoms with Gasteiger partial charge in [0, 0.05) is 29.4 Å². The van der Waals surface area contributed by atoms with Crippen molar-refractivity contribution in [3.8, 4) is 0 Å². The topological polar surface area (TPSA) is 71.8 Å². The van der Waals surface area contributed by atoms with Crippen molar-refractivity contribution in [2.45, 2.75) is 0 Å². The van der Waals surface area contributed by atoms with Crippen molar-refractivity contribution in [1.82, 2.24) is 14.8 Å². The summed E-state index contributed by atoms with van der Waals surface area (Å²) in [6.45, 7) is 0. The van der Waals surface area contributed by atoms with Gasteiger partial charge in [0.25, 0.3) is 0 Å². The second-order valence-electron chi connectivity index (χ2n) is 5.09. The molecule has 6 nitrogen and oxygen atoms in total. The van der Waals surface area contributed by atoms with Gasteiger partial charge >= 0.3 is 6.03 Å². The molecule has 4 rings (SSSR count). The molecule has 0 spiro atoms. The summed E-state index contributed by atoms with van der Waals surface area (Å²) in [4.78, 5) is 17.5. The van der Waals surface area contributed by atoms with E-state index in [1.807, 2.05) is 42.8 Å². The zero-order valence-electron chi connectivity index (χ0n) is 12.3. The van der Waals surface area contributed by atoms with Crippen LogP contribution in [-0.4, -0.2) is 20.8 Å². The van der Waals surface area contributed by atoms with Crippen molar-refractivity contribution in [3.05, 3.63) is 48.1 Å². The van der Waals surface area contributed by atoms with E-state index in [0.29, 0.717) is 0 Å². The standard InChI is InChI=1S/C16H13N5OS/c1-21-14-6-2-5-12(11(14)8-18-21)19-16(22)20-13-9-23-15-10(13)4-3-7-17-15/h2-9H,1H3,(H2,19,20,22). The third-order valence-corrected chi connectivity index (χ3v) is 4.54. The Morgan fingerprint density at radius 2 is 2.00 bits per heavy atom. The number of hydrogen-bond donors (Lipinski definition) is 2. The number of aromatic nitrogens is 3. The molecule has 2 N–H and O–H groups in total. The number of nitrogens with zero attached hydrogens (tertiary/aromatic N) is 3. The Kier molecular flexibility index (Phi) is 3.20. The quantitative estimate of drug-likeness (QED) is 0.589. The molecule has 0 fully saturated rings. The average molecular weight is 323 g/mol. The van der Waals surface area contributed by atoms with Crippen LogP contribution in [0.2, 0.25) is 0 Å². The van der Waals surface area contributed by atoms with E-state index in [1.165, 1.54) is 11.3 Å². The van der Waals surface area contributed by atoms with E-state index in [4.69, 9.17) is 0 Å². The number of carbonyl (C=O) groups is 1. The fraction of sp³-hybridized carbons (Fsp3) is 0.0625. The molecule has 3 aromatic heterocycles. The number of aryl methyl sites for hydroxylation is 1. The van der Waals surface area contributed by atoms with Gasteiger partial charge in [-0.2, -0.15) is 5.10 Å². The third kappa shape index (κ3) is 2.40. The number of amides is 2. The summed E-state index contributed by atoms with van der Waals surface area (Å²) >= 11 is 1.50. The zero-order chi connectivity index (χ0) is 15.8. The van der Waals surface area contributed by atoms with Crippen molar-refractivity contribution in [2.24, 2.45) is 7.05 Å². The number of rotatable bonds is 2. The van der Waals surface area contributed by atoms with E-state index < -0.39 is 0 Å². The molecule has 4 aromatic rings. The fourth-order valence-corrected chi connectivity index (χ4v) is 3.37. The van der Waals surface area contributed by atoms with Crippen LogP contribution in [0.5, 0.6) is 0 Å². The lowest BCUT2D eigenvalue weighted by molar-refractivity contribution is 0.262. The van der Waals surface area contributed by atoms with E-state index >= 15 is 0 Å². The van der Waals surface area contributed by atoms with Crippen molar-refractivity contribution in [2.75, 3.05) is 10.6 Å². The monoisotopic (exact) mass is 323 g/mol. The van der Waals surface area contributed by atoms with Gasteiger partial charge in [-0.1, -0.05) is 6.07 Å². The summed E-state index contributed by atoms with van der Waals surface area (Å²) in [5.41, 5.74) is 2.45. The second-order valence-corrected chi connectivity index (χ2v) is 5.95. The molecule has 2 amide bonds. The van der Waals surface area contributed by atoms with Crippen molar-refractivity contribution < 1.29 is 4.79 Å². The first-order chi connectivity index (χ1) is 11.2. The molecule has 0 radical (unpaired) electrons. The number of thiophene rings is 1. The number of carbonyl (C=O) groups excluding carboxylic acids is 1. The Morgan fingerprint density at radius 3 is 2.91 bits per heavy atom. The van der Waals surface area contributed by atoms with Crippen LogP contribution in [0.3, 0.4) is 0 Å². The molecular formula is C16H13N5OS. The maximum Gasteiger partial charge on any atom is 0.323 e. The minimum Gasteiger partial charge on any atom is -0.307 e. The minimum absolute atomic E-state index is 0.287. The minimum atomic E-state index is -0.287. The maximum absolute atomic E-state index is 12.3. The summed E-state index contributed by atoms with van der Waals surface area (Å²) in [6.07, 6.45) is 3.49. The lowest BCUT2D eigenvalue weighted by Gasteiger charge is -2.08. The SMILES string of the molecule is Cn1ncc2c(NC(=O)Nc3csc4ncccc34)cccc21. The summed E-state index contributed by atoms with van der Waals surface area (Å²) in [5.74, 6) is 0. The van der Waals surface area contributed by atoms with Crippen LogP contribution in [0.15, 0.2) is 48.1 Å². The van der Waals surface area contributed by atoms with Gasteiger partial charge in [-0.25, -0.2) is 9.78 Å². The molecule has 0 unspecified atom stereocenters. The molecule has 7 heteroatoms. The fourth-order valence-electron chi connectivity index (χ4n) is 2.53. The first-order valence-electron chi connectivity index (χ1n) is 7.03. The number of pyridine rings is 1. The van der Waals surface area contributed by atoms with E-state index in [1.54, 1.807) is 17.1 Å². The van der Waals surface area contributed by atoms with Gasteiger partial charge in [-0.05, 0) is 24.3 Å². The van der Waals surface area contributed by atoms with Crippen LogP contribution >= 0.6 is 11.3 Å².